The second kappa shape index (κ2) is 9.21. The van der Waals surface area contributed by atoms with E-state index in [1.54, 1.807) is 42.2 Å². The van der Waals surface area contributed by atoms with Crippen LogP contribution in [-0.4, -0.2) is 58.4 Å². The lowest BCUT2D eigenvalue weighted by Gasteiger charge is -2.36. The van der Waals surface area contributed by atoms with Crippen molar-refractivity contribution >= 4 is 33.1 Å². The van der Waals surface area contributed by atoms with E-state index in [2.05, 4.69) is 14.9 Å². The van der Waals surface area contributed by atoms with E-state index in [0.29, 0.717) is 43.3 Å². The highest BCUT2D eigenvalue weighted by molar-refractivity contribution is 7.92. The quantitative estimate of drug-likeness (QED) is 0.727. The summed E-state index contributed by atoms with van der Waals surface area (Å²) in [5.74, 6) is -0.0231. The Balaban J connectivity index is 1.60. The predicted molar refractivity (Wildman–Crippen MR) is 115 cm³/mol. The van der Waals surface area contributed by atoms with E-state index >= 15 is 0 Å². The van der Waals surface area contributed by atoms with E-state index < -0.39 is 10.0 Å². The zero-order valence-corrected chi connectivity index (χ0v) is 17.7. The summed E-state index contributed by atoms with van der Waals surface area (Å²) in [5.41, 5.74) is 1.73. The van der Waals surface area contributed by atoms with Crippen LogP contribution in [0, 0.1) is 5.82 Å². The van der Waals surface area contributed by atoms with Crippen LogP contribution in [0.1, 0.15) is 6.92 Å². The third-order valence-electron chi connectivity index (χ3n) is 4.86. The zero-order valence-electron chi connectivity index (χ0n) is 16.9. The minimum Gasteiger partial charge on any atom is -0.494 e. The van der Waals surface area contributed by atoms with Gasteiger partial charge in [0.1, 0.15) is 11.6 Å². The van der Waals surface area contributed by atoms with Gasteiger partial charge < -0.3 is 19.9 Å². The molecule has 162 valence electrons. The molecule has 2 aromatic rings. The molecule has 0 unspecified atom stereocenters. The second-order valence-corrected chi connectivity index (χ2v) is 8.81. The third kappa shape index (κ3) is 5.32. The fraction of sp³-hybridized carbons (Fsp3) is 0.350. The van der Waals surface area contributed by atoms with Crippen LogP contribution in [-0.2, 0) is 10.0 Å². The Labute approximate surface area is 175 Å². The Morgan fingerprint density at radius 2 is 1.77 bits per heavy atom. The average molecular weight is 437 g/mol. The van der Waals surface area contributed by atoms with E-state index in [4.69, 9.17) is 4.74 Å². The Kier molecular flexibility index (Phi) is 6.66. The highest BCUT2D eigenvalue weighted by Gasteiger charge is 2.22. The van der Waals surface area contributed by atoms with Crippen molar-refractivity contribution in [2.75, 3.05) is 54.0 Å². The number of ether oxygens (including phenoxy) is 1. The van der Waals surface area contributed by atoms with Crippen molar-refractivity contribution in [3.05, 3.63) is 48.3 Å². The van der Waals surface area contributed by atoms with Gasteiger partial charge in [0, 0.05) is 43.6 Å². The van der Waals surface area contributed by atoms with Crippen molar-refractivity contribution < 1.29 is 22.3 Å². The van der Waals surface area contributed by atoms with Gasteiger partial charge in [-0.15, -0.1) is 0 Å². The van der Waals surface area contributed by atoms with Gasteiger partial charge in [0.25, 0.3) is 0 Å². The van der Waals surface area contributed by atoms with Crippen LogP contribution in [0.4, 0.5) is 26.2 Å². The summed E-state index contributed by atoms with van der Waals surface area (Å²) in [6.07, 6.45) is 0. The maximum absolute atomic E-state index is 13.1. The van der Waals surface area contributed by atoms with Gasteiger partial charge in [-0.2, -0.15) is 0 Å². The lowest BCUT2D eigenvalue weighted by Crippen LogP contribution is -2.50. The minimum absolute atomic E-state index is 0.0570. The number of carbonyl (C=O) groups excluding carboxylic acids is 1. The highest BCUT2D eigenvalue weighted by Crippen LogP contribution is 2.29. The van der Waals surface area contributed by atoms with Crippen LogP contribution < -0.4 is 19.7 Å². The molecule has 0 aliphatic carbocycles. The fourth-order valence-electron chi connectivity index (χ4n) is 3.12. The van der Waals surface area contributed by atoms with Crippen molar-refractivity contribution in [2.45, 2.75) is 6.92 Å². The number of anilines is 3. The van der Waals surface area contributed by atoms with Gasteiger partial charge in [-0.05, 0) is 43.3 Å². The molecule has 3 rings (SSSR count). The number of hydrogen-bond acceptors (Lipinski definition) is 5. The molecule has 0 saturated carbocycles. The molecule has 1 aliphatic rings. The number of nitrogens with zero attached hydrogens (tertiary/aromatic N) is 2. The van der Waals surface area contributed by atoms with Crippen LogP contribution in [0.25, 0.3) is 0 Å². The van der Waals surface area contributed by atoms with Gasteiger partial charge in [-0.25, -0.2) is 17.6 Å². The number of hydrogen-bond donors (Lipinski definition) is 2. The van der Waals surface area contributed by atoms with E-state index in [9.17, 15) is 17.6 Å². The maximum atomic E-state index is 13.1. The standard InChI is InChI=1S/C20H25FN4O4S/c1-3-30(27,28)23-18-9-6-16(14-19(18)29-2)22-20(26)25-12-10-24(11-13-25)17-7-4-15(21)5-8-17/h4-9,14,23H,3,10-13H2,1-2H3,(H,22,26). The van der Waals surface area contributed by atoms with Crippen molar-refractivity contribution in [3.8, 4) is 5.75 Å². The van der Waals surface area contributed by atoms with E-state index in [0.717, 1.165) is 5.69 Å². The van der Waals surface area contributed by atoms with Gasteiger partial charge in [0.15, 0.2) is 0 Å². The number of urea groups is 1. The molecule has 1 heterocycles. The largest absolute Gasteiger partial charge is 0.494 e. The number of sulfonamides is 1. The van der Waals surface area contributed by atoms with E-state index in [1.165, 1.54) is 19.2 Å². The number of methoxy groups -OCH3 is 1. The Hall–Kier alpha value is -3.01. The topological polar surface area (TPSA) is 91.0 Å². The normalized spacial score (nSPS) is 14.4. The summed E-state index contributed by atoms with van der Waals surface area (Å²) in [6, 6.07) is 10.8. The summed E-state index contributed by atoms with van der Waals surface area (Å²) in [6.45, 7) is 3.86. The number of piperazine rings is 1. The first-order chi connectivity index (χ1) is 14.3. The molecule has 2 aromatic carbocycles. The molecule has 0 bridgehead atoms. The van der Waals surface area contributed by atoms with Gasteiger partial charge in [0.05, 0.1) is 18.6 Å². The molecule has 1 aliphatic heterocycles. The molecular weight excluding hydrogens is 411 g/mol. The number of nitrogens with one attached hydrogen (secondary N) is 2. The second-order valence-electron chi connectivity index (χ2n) is 6.80. The first-order valence-electron chi connectivity index (χ1n) is 9.56. The predicted octanol–water partition coefficient (Wildman–Crippen LogP) is 2.95. The van der Waals surface area contributed by atoms with Crippen LogP contribution in [0.5, 0.6) is 5.75 Å². The lowest BCUT2D eigenvalue weighted by atomic mass is 10.2. The first-order valence-corrected chi connectivity index (χ1v) is 11.2. The van der Waals surface area contributed by atoms with Crippen molar-refractivity contribution in [3.63, 3.8) is 0 Å². The van der Waals surface area contributed by atoms with Crippen LogP contribution in [0.2, 0.25) is 0 Å². The van der Waals surface area contributed by atoms with E-state index in [1.807, 2.05) is 0 Å². The van der Waals surface area contributed by atoms with Crippen LogP contribution >= 0.6 is 0 Å². The number of benzene rings is 2. The molecular formula is C20H25FN4O4S. The number of amides is 2. The number of rotatable bonds is 6. The lowest BCUT2D eigenvalue weighted by molar-refractivity contribution is 0.208. The molecule has 2 amide bonds. The molecule has 0 aromatic heterocycles. The third-order valence-corrected chi connectivity index (χ3v) is 6.15. The van der Waals surface area contributed by atoms with Gasteiger partial charge in [-0.1, -0.05) is 0 Å². The molecule has 30 heavy (non-hydrogen) atoms. The first kappa shape index (κ1) is 21.7. The van der Waals surface area contributed by atoms with Crippen molar-refractivity contribution in [1.29, 1.82) is 0 Å². The molecule has 0 radical (unpaired) electrons. The minimum atomic E-state index is -3.44. The summed E-state index contributed by atoms with van der Waals surface area (Å²) in [5, 5.41) is 2.81. The Morgan fingerprint density at radius 3 is 2.37 bits per heavy atom. The molecule has 8 nitrogen and oxygen atoms in total. The van der Waals surface area contributed by atoms with Crippen LogP contribution in [0.3, 0.4) is 0 Å². The Bertz CT molecular complexity index is 990. The van der Waals surface area contributed by atoms with Gasteiger partial charge in [-0.3, -0.25) is 4.72 Å². The zero-order chi connectivity index (χ0) is 21.7. The van der Waals surface area contributed by atoms with Crippen LogP contribution in [0.15, 0.2) is 42.5 Å². The van der Waals surface area contributed by atoms with Crippen molar-refractivity contribution in [1.82, 2.24) is 4.90 Å². The molecule has 2 N–H and O–H groups in total. The molecule has 1 fully saturated rings. The fourth-order valence-corrected chi connectivity index (χ4v) is 3.76. The van der Waals surface area contributed by atoms with Gasteiger partial charge in [0.2, 0.25) is 10.0 Å². The summed E-state index contributed by atoms with van der Waals surface area (Å²) < 4.78 is 44.4. The number of carbonyl (C=O) groups is 1. The summed E-state index contributed by atoms with van der Waals surface area (Å²) in [7, 11) is -2.01. The SMILES string of the molecule is CCS(=O)(=O)Nc1ccc(NC(=O)N2CCN(c3ccc(F)cc3)CC2)cc1OC. The van der Waals surface area contributed by atoms with Crippen molar-refractivity contribution in [2.24, 2.45) is 0 Å². The molecule has 0 atom stereocenters. The summed E-state index contributed by atoms with van der Waals surface area (Å²) in [4.78, 5) is 16.4. The van der Waals surface area contributed by atoms with E-state index in [-0.39, 0.29) is 17.6 Å². The average Bonchev–Trinajstić information content (AvgIpc) is 2.75. The molecule has 10 heteroatoms. The smallest absolute Gasteiger partial charge is 0.321 e. The highest BCUT2D eigenvalue weighted by atomic mass is 32.2. The number of halogens is 1. The maximum Gasteiger partial charge on any atom is 0.321 e. The molecule has 0 spiro atoms. The van der Waals surface area contributed by atoms with Gasteiger partial charge >= 0.3 is 6.03 Å². The monoisotopic (exact) mass is 436 g/mol. The summed E-state index contributed by atoms with van der Waals surface area (Å²) >= 11 is 0. The molecule has 1 saturated heterocycles. The Morgan fingerprint density at radius 1 is 1.10 bits per heavy atom.